The van der Waals surface area contributed by atoms with Gasteiger partial charge in [-0.3, -0.25) is 4.79 Å². The number of carboxylic acid groups (broad SMARTS) is 1. The van der Waals surface area contributed by atoms with Crippen LogP contribution in [0.15, 0.2) is 84.9 Å². The summed E-state index contributed by atoms with van der Waals surface area (Å²) in [5.41, 5.74) is 4.06. The van der Waals surface area contributed by atoms with E-state index >= 15 is 0 Å². The summed E-state index contributed by atoms with van der Waals surface area (Å²) in [7, 11) is 0. The van der Waals surface area contributed by atoms with Gasteiger partial charge in [0, 0.05) is 17.0 Å². The summed E-state index contributed by atoms with van der Waals surface area (Å²) < 4.78 is 7.93. The van der Waals surface area contributed by atoms with Gasteiger partial charge in [0.05, 0.1) is 24.2 Å². The standard InChI is InChI=1S/C28H23ClN2O3/c29-24-7-2-1-6-22(24)18-31-26-9-4-3-8-25(26)30-28(31)21-12-11-20-17-23(14-13-19(20)16-21)34-15-5-10-27(32)33/h1-4,6-9,11-14,16-17H,5,10,15,18H2,(H,32,33). The zero-order valence-corrected chi connectivity index (χ0v) is 19.2. The zero-order valence-electron chi connectivity index (χ0n) is 18.4. The van der Waals surface area contributed by atoms with Gasteiger partial charge in [-0.25, -0.2) is 4.98 Å². The first-order valence-electron chi connectivity index (χ1n) is 11.2. The Morgan fingerprint density at radius 1 is 0.941 bits per heavy atom. The van der Waals surface area contributed by atoms with E-state index in [0.717, 1.165) is 49.5 Å². The molecule has 1 N–H and O–H groups in total. The number of carbonyl (C=O) groups is 1. The highest BCUT2D eigenvalue weighted by Crippen LogP contribution is 2.31. The van der Waals surface area contributed by atoms with Crippen molar-refractivity contribution in [3.05, 3.63) is 95.5 Å². The largest absolute Gasteiger partial charge is 0.494 e. The second-order valence-electron chi connectivity index (χ2n) is 8.17. The van der Waals surface area contributed by atoms with E-state index < -0.39 is 5.97 Å². The van der Waals surface area contributed by atoms with E-state index in [1.54, 1.807) is 0 Å². The number of nitrogens with zero attached hydrogens (tertiary/aromatic N) is 2. The maximum absolute atomic E-state index is 10.7. The summed E-state index contributed by atoms with van der Waals surface area (Å²) in [5, 5.41) is 11.6. The Hall–Kier alpha value is -3.83. The SMILES string of the molecule is O=C(O)CCCOc1ccc2cc(-c3nc4ccccc4n3Cc3ccccc3Cl)ccc2c1. The lowest BCUT2D eigenvalue weighted by molar-refractivity contribution is -0.137. The minimum Gasteiger partial charge on any atom is -0.494 e. The first kappa shape index (κ1) is 22.0. The highest BCUT2D eigenvalue weighted by Gasteiger charge is 2.14. The molecule has 0 bridgehead atoms. The molecule has 0 spiro atoms. The molecule has 0 unspecified atom stereocenters. The van der Waals surface area contributed by atoms with Crippen LogP contribution in [-0.4, -0.2) is 27.2 Å². The number of para-hydroxylation sites is 2. The molecule has 5 aromatic rings. The van der Waals surface area contributed by atoms with E-state index in [-0.39, 0.29) is 6.42 Å². The van der Waals surface area contributed by atoms with Gasteiger partial charge in [-0.2, -0.15) is 0 Å². The minimum atomic E-state index is -0.810. The highest BCUT2D eigenvalue weighted by molar-refractivity contribution is 6.31. The number of aromatic nitrogens is 2. The Bertz CT molecular complexity index is 1490. The molecule has 0 amide bonds. The van der Waals surface area contributed by atoms with Crippen molar-refractivity contribution in [3.63, 3.8) is 0 Å². The van der Waals surface area contributed by atoms with Crippen LogP contribution in [0.1, 0.15) is 18.4 Å². The number of aliphatic carboxylic acids is 1. The number of fused-ring (bicyclic) bond motifs is 2. The van der Waals surface area contributed by atoms with Crippen LogP contribution >= 0.6 is 11.6 Å². The number of hydrogen-bond acceptors (Lipinski definition) is 3. The average Bonchev–Trinajstić information content (AvgIpc) is 3.21. The van der Waals surface area contributed by atoms with Crippen molar-refractivity contribution in [1.82, 2.24) is 9.55 Å². The van der Waals surface area contributed by atoms with E-state index in [4.69, 9.17) is 26.4 Å². The number of rotatable bonds is 8. The molecule has 0 aliphatic rings. The van der Waals surface area contributed by atoms with Gasteiger partial charge in [-0.15, -0.1) is 0 Å². The van der Waals surface area contributed by atoms with Crippen molar-refractivity contribution < 1.29 is 14.6 Å². The lowest BCUT2D eigenvalue weighted by Crippen LogP contribution is -2.03. The number of hydrogen-bond donors (Lipinski definition) is 1. The normalized spacial score (nSPS) is 11.2. The van der Waals surface area contributed by atoms with Crippen molar-refractivity contribution in [2.45, 2.75) is 19.4 Å². The first-order valence-corrected chi connectivity index (χ1v) is 11.5. The van der Waals surface area contributed by atoms with Gasteiger partial charge in [-0.05, 0) is 59.2 Å². The average molecular weight is 471 g/mol. The van der Waals surface area contributed by atoms with Crippen molar-refractivity contribution in [2.24, 2.45) is 0 Å². The Kier molecular flexibility index (Phi) is 6.19. The number of ether oxygens (including phenoxy) is 1. The van der Waals surface area contributed by atoms with Crippen LogP contribution in [0, 0.1) is 0 Å². The molecule has 5 nitrogen and oxygen atoms in total. The Balaban J connectivity index is 1.48. The molecule has 0 saturated carbocycles. The summed E-state index contributed by atoms with van der Waals surface area (Å²) >= 11 is 6.47. The number of halogens is 1. The molecule has 34 heavy (non-hydrogen) atoms. The third-order valence-electron chi connectivity index (χ3n) is 5.81. The molecule has 6 heteroatoms. The molecule has 1 heterocycles. The Morgan fingerprint density at radius 2 is 1.71 bits per heavy atom. The smallest absolute Gasteiger partial charge is 0.303 e. The van der Waals surface area contributed by atoms with Crippen molar-refractivity contribution in [3.8, 4) is 17.1 Å². The van der Waals surface area contributed by atoms with Gasteiger partial charge in [0.25, 0.3) is 0 Å². The van der Waals surface area contributed by atoms with Gasteiger partial charge in [0.1, 0.15) is 11.6 Å². The predicted octanol–water partition coefficient (Wildman–Crippen LogP) is 6.80. The number of carboxylic acids is 1. The second-order valence-corrected chi connectivity index (χ2v) is 8.58. The molecule has 0 atom stereocenters. The van der Waals surface area contributed by atoms with Crippen LogP contribution < -0.4 is 4.74 Å². The quantitative estimate of drug-likeness (QED) is 0.253. The maximum Gasteiger partial charge on any atom is 0.303 e. The predicted molar refractivity (Wildman–Crippen MR) is 136 cm³/mol. The molecule has 0 fully saturated rings. The van der Waals surface area contributed by atoms with E-state index in [1.807, 2.05) is 60.7 Å². The van der Waals surface area contributed by atoms with Crippen LogP contribution in [0.25, 0.3) is 33.2 Å². The molecular weight excluding hydrogens is 448 g/mol. The zero-order chi connectivity index (χ0) is 23.5. The molecular formula is C28H23ClN2O3. The Labute approximate surface area is 202 Å². The third kappa shape index (κ3) is 4.61. The topological polar surface area (TPSA) is 64.3 Å². The lowest BCUT2D eigenvalue weighted by Gasteiger charge is -2.12. The molecule has 0 aliphatic heterocycles. The van der Waals surface area contributed by atoms with Crippen molar-refractivity contribution >= 4 is 39.4 Å². The molecule has 0 saturated heterocycles. The van der Waals surface area contributed by atoms with Crippen LogP contribution in [0.2, 0.25) is 5.02 Å². The fourth-order valence-electron chi connectivity index (χ4n) is 4.12. The van der Waals surface area contributed by atoms with Gasteiger partial charge in [0.15, 0.2) is 0 Å². The summed E-state index contributed by atoms with van der Waals surface area (Å²) in [4.78, 5) is 15.6. The number of benzene rings is 4. The maximum atomic E-state index is 10.7. The minimum absolute atomic E-state index is 0.103. The summed E-state index contributed by atoms with van der Waals surface area (Å²) in [6.07, 6.45) is 0.583. The van der Waals surface area contributed by atoms with Gasteiger partial charge in [0.2, 0.25) is 0 Å². The van der Waals surface area contributed by atoms with E-state index in [1.165, 1.54) is 0 Å². The monoisotopic (exact) mass is 470 g/mol. The highest BCUT2D eigenvalue weighted by atomic mass is 35.5. The van der Waals surface area contributed by atoms with E-state index in [9.17, 15) is 4.79 Å². The summed E-state index contributed by atoms with van der Waals surface area (Å²) in [6, 6.07) is 28.2. The second kappa shape index (κ2) is 9.57. The van der Waals surface area contributed by atoms with Crippen molar-refractivity contribution in [1.29, 1.82) is 0 Å². The molecule has 5 rings (SSSR count). The van der Waals surface area contributed by atoms with Crippen LogP contribution in [0.4, 0.5) is 0 Å². The van der Waals surface area contributed by atoms with E-state index in [2.05, 4.69) is 28.8 Å². The lowest BCUT2D eigenvalue weighted by atomic mass is 10.1. The fourth-order valence-corrected chi connectivity index (χ4v) is 4.31. The van der Waals surface area contributed by atoms with E-state index in [0.29, 0.717) is 19.6 Å². The van der Waals surface area contributed by atoms with Gasteiger partial charge in [-0.1, -0.05) is 60.1 Å². The van der Waals surface area contributed by atoms with Crippen LogP contribution in [-0.2, 0) is 11.3 Å². The molecule has 0 aliphatic carbocycles. The van der Waals surface area contributed by atoms with Crippen LogP contribution in [0.5, 0.6) is 5.75 Å². The number of imidazole rings is 1. The van der Waals surface area contributed by atoms with Crippen LogP contribution in [0.3, 0.4) is 0 Å². The summed E-state index contributed by atoms with van der Waals surface area (Å²) in [6.45, 7) is 0.999. The third-order valence-corrected chi connectivity index (χ3v) is 6.18. The Morgan fingerprint density at radius 3 is 2.56 bits per heavy atom. The summed E-state index contributed by atoms with van der Waals surface area (Å²) in [5.74, 6) is 0.809. The van der Waals surface area contributed by atoms with Gasteiger partial charge >= 0.3 is 5.97 Å². The first-order chi connectivity index (χ1) is 16.6. The fraction of sp³-hybridized carbons (Fsp3) is 0.143. The van der Waals surface area contributed by atoms with Crippen molar-refractivity contribution in [2.75, 3.05) is 6.61 Å². The molecule has 170 valence electrons. The molecule has 4 aromatic carbocycles. The van der Waals surface area contributed by atoms with Gasteiger partial charge < -0.3 is 14.4 Å². The molecule has 0 radical (unpaired) electrons. The molecule has 1 aromatic heterocycles.